The molecule has 34 heavy (non-hydrogen) atoms. The highest BCUT2D eigenvalue weighted by Crippen LogP contribution is 2.18. The van der Waals surface area contributed by atoms with Gasteiger partial charge in [-0.3, -0.25) is 14.4 Å². The van der Waals surface area contributed by atoms with Crippen LogP contribution in [0.15, 0.2) is 72.8 Å². The molecule has 0 aliphatic heterocycles. The Kier molecular flexibility index (Phi) is 8.62. The van der Waals surface area contributed by atoms with E-state index in [1.54, 1.807) is 60.7 Å². The summed E-state index contributed by atoms with van der Waals surface area (Å²) in [6.07, 6.45) is 0. The van der Waals surface area contributed by atoms with Gasteiger partial charge in [0.1, 0.15) is 17.2 Å². The molecule has 0 aromatic heterocycles. The fraction of sp³-hybridized carbons (Fsp3) is 0.192. The lowest BCUT2D eigenvalue weighted by atomic mass is 10.1. The molecule has 0 radical (unpaired) electrons. The summed E-state index contributed by atoms with van der Waals surface area (Å²) < 4.78 is 15.9. The van der Waals surface area contributed by atoms with Crippen LogP contribution >= 0.6 is 0 Å². The van der Waals surface area contributed by atoms with Gasteiger partial charge in [-0.05, 0) is 67.1 Å². The van der Waals surface area contributed by atoms with Crippen LogP contribution in [0.5, 0.6) is 17.2 Å². The third-order valence-electron chi connectivity index (χ3n) is 4.54. The topological polar surface area (TPSA) is 103 Å². The number of rotatable bonds is 10. The molecule has 3 rings (SSSR count). The maximum atomic E-state index is 12.6. The van der Waals surface area contributed by atoms with Gasteiger partial charge in [0.15, 0.2) is 6.61 Å². The molecule has 0 bridgehead atoms. The van der Waals surface area contributed by atoms with Gasteiger partial charge in [-0.1, -0.05) is 18.2 Å². The summed E-state index contributed by atoms with van der Waals surface area (Å²) in [5.41, 5.74) is 1.73. The Morgan fingerprint density at radius 2 is 1.53 bits per heavy atom. The van der Waals surface area contributed by atoms with Crippen molar-refractivity contribution in [3.8, 4) is 17.2 Å². The zero-order valence-corrected chi connectivity index (χ0v) is 19.0. The van der Waals surface area contributed by atoms with Crippen molar-refractivity contribution in [2.24, 2.45) is 0 Å². The highest BCUT2D eigenvalue weighted by atomic mass is 16.5. The van der Waals surface area contributed by atoms with Crippen molar-refractivity contribution in [1.82, 2.24) is 5.32 Å². The van der Waals surface area contributed by atoms with Gasteiger partial charge in [-0.15, -0.1) is 0 Å². The molecular weight excluding hydrogens is 436 g/mol. The highest BCUT2D eigenvalue weighted by molar-refractivity contribution is 6.04. The molecule has 0 fully saturated rings. The summed E-state index contributed by atoms with van der Waals surface area (Å²) in [5, 5.41) is 5.59. The molecule has 0 saturated carbocycles. The number of carbonyl (C=O) groups excluding carboxylic acids is 3. The third kappa shape index (κ3) is 7.67. The molecule has 2 amide bonds. The first-order chi connectivity index (χ1) is 16.4. The Morgan fingerprint density at radius 1 is 0.824 bits per heavy atom. The van der Waals surface area contributed by atoms with Crippen LogP contribution in [0.1, 0.15) is 29.8 Å². The number of hydrogen-bond acceptors (Lipinski definition) is 6. The summed E-state index contributed by atoms with van der Waals surface area (Å²) in [7, 11) is 0. The first-order valence-corrected chi connectivity index (χ1v) is 10.7. The number of nitrogens with one attached hydrogen (secondary N) is 2. The van der Waals surface area contributed by atoms with Crippen LogP contribution in [-0.4, -0.2) is 31.0 Å². The normalized spacial score (nSPS) is 10.2. The second-order valence-electron chi connectivity index (χ2n) is 7.25. The molecule has 8 nitrogen and oxygen atoms in total. The Bertz CT molecular complexity index is 1140. The lowest BCUT2D eigenvalue weighted by molar-refractivity contribution is -0.131. The van der Waals surface area contributed by atoms with Crippen molar-refractivity contribution in [1.29, 1.82) is 0 Å². The monoisotopic (exact) mass is 462 g/mol. The molecular formula is C26H26N2O6. The van der Waals surface area contributed by atoms with E-state index in [1.165, 1.54) is 13.0 Å². The summed E-state index contributed by atoms with van der Waals surface area (Å²) in [5.74, 6) is 0.523. The number of carbonyl (C=O) groups is 3. The molecule has 0 aliphatic carbocycles. The smallest absolute Gasteiger partial charge is 0.308 e. The molecule has 2 N–H and O–H groups in total. The molecule has 3 aromatic carbocycles. The second-order valence-corrected chi connectivity index (χ2v) is 7.25. The third-order valence-corrected chi connectivity index (χ3v) is 4.54. The molecule has 0 saturated heterocycles. The zero-order valence-electron chi connectivity index (χ0n) is 19.0. The summed E-state index contributed by atoms with van der Waals surface area (Å²) in [6.45, 7) is 3.93. The Balaban J connectivity index is 1.49. The summed E-state index contributed by atoms with van der Waals surface area (Å²) >= 11 is 0. The maximum Gasteiger partial charge on any atom is 0.308 e. The van der Waals surface area contributed by atoms with E-state index in [9.17, 15) is 14.4 Å². The van der Waals surface area contributed by atoms with Crippen molar-refractivity contribution in [2.75, 3.05) is 18.5 Å². The fourth-order valence-corrected chi connectivity index (χ4v) is 3.03. The molecule has 176 valence electrons. The number of anilines is 1. The Labute approximate surface area is 197 Å². The minimum atomic E-state index is -0.461. The van der Waals surface area contributed by atoms with Crippen LogP contribution < -0.4 is 24.8 Å². The van der Waals surface area contributed by atoms with Gasteiger partial charge < -0.3 is 24.8 Å². The molecule has 0 spiro atoms. The molecule has 0 unspecified atom stereocenters. The maximum absolute atomic E-state index is 12.6. The van der Waals surface area contributed by atoms with Crippen molar-refractivity contribution in [2.45, 2.75) is 20.4 Å². The SMILES string of the molecule is CCOc1ccc(OCC(=O)NCc2cccc(NC(=O)c3cccc(OC(C)=O)c3)c2)cc1. The van der Waals surface area contributed by atoms with E-state index < -0.39 is 5.97 Å². The minimum Gasteiger partial charge on any atom is -0.494 e. The van der Waals surface area contributed by atoms with E-state index in [2.05, 4.69) is 10.6 Å². The predicted octanol–water partition coefficient (Wildman–Crippen LogP) is 3.96. The number of amides is 2. The molecule has 0 aliphatic rings. The standard InChI is InChI=1S/C26H26N2O6/c1-3-32-22-10-12-23(13-11-22)33-17-25(30)27-16-19-6-4-8-21(14-19)28-26(31)20-7-5-9-24(15-20)34-18(2)29/h4-15H,3,16-17H2,1-2H3,(H,27,30)(H,28,31). The number of ether oxygens (including phenoxy) is 3. The van der Waals surface area contributed by atoms with E-state index in [0.29, 0.717) is 29.4 Å². The second kappa shape index (κ2) is 12.1. The molecule has 8 heteroatoms. The lowest BCUT2D eigenvalue weighted by Gasteiger charge is -2.10. The highest BCUT2D eigenvalue weighted by Gasteiger charge is 2.09. The van der Waals surface area contributed by atoms with Crippen molar-refractivity contribution < 1.29 is 28.6 Å². The summed E-state index contributed by atoms with van der Waals surface area (Å²) in [4.78, 5) is 35.8. The van der Waals surface area contributed by atoms with Gasteiger partial charge in [-0.2, -0.15) is 0 Å². The molecule has 3 aromatic rings. The number of esters is 1. The Hall–Kier alpha value is -4.33. The van der Waals surface area contributed by atoms with Crippen molar-refractivity contribution in [3.05, 3.63) is 83.9 Å². The average Bonchev–Trinajstić information content (AvgIpc) is 2.82. The van der Waals surface area contributed by atoms with Crippen LogP contribution in [0.2, 0.25) is 0 Å². The lowest BCUT2D eigenvalue weighted by Crippen LogP contribution is -2.28. The van der Waals surface area contributed by atoms with Crippen LogP contribution in [0.3, 0.4) is 0 Å². The van der Waals surface area contributed by atoms with Crippen molar-refractivity contribution >= 4 is 23.5 Å². The first kappa shape index (κ1) is 24.3. The fourth-order valence-electron chi connectivity index (χ4n) is 3.03. The van der Waals surface area contributed by atoms with Gasteiger partial charge >= 0.3 is 5.97 Å². The van der Waals surface area contributed by atoms with Gasteiger partial charge in [-0.25, -0.2) is 0 Å². The van der Waals surface area contributed by atoms with Gasteiger partial charge in [0, 0.05) is 24.7 Å². The minimum absolute atomic E-state index is 0.122. The predicted molar refractivity (Wildman–Crippen MR) is 127 cm³/mol. The first-order valence-electron chi connectivity index (χ1n) is 10.7. The molecule has 0 heterocycles. The molecule has 0 atom stereocenters. The van der Waals surface area contributed by atoms with Crippen LogP contribution in [0.4, 0.5) is 5.69 Å². The zero-order chi connectivity index (χ0) is 24.3. The van der Waals surface area contributed by atoms with E-state index >= 15 is 0 Å². The van der Waals surface area contributed by atoms with Gasteiger partial charge in [0.25, 0.3) is 11.8 Å². The van der Waals surface area contributed by atoms with Gasteiger partial charge in [0.2, 0.25) is 0 Å². The van der Waals surface area contributed by atoms with Gasteiger partial charge in [0.05, 0.1) is 6.61 Å². The van der Waals surface area contributed by atoms with E-state index in [1.807, 2.05) is 13.0 Å². The van der Waals surface area contributed by atoms with Crippen LogP contribution in [-0.2, 0) is 16.1 Å². The number of benzene rings is 3. The van der Waals surface area contributed by atoms with Crippen LogP contribution in [0, 0.1) is 0 Å². The van der Waals surface area contributed by atoms with Crippen molar-refractivity contribution in [3.63, 3.8) is 0 Å². The van der Waals surface area contributed by atoms with E-state index in [0.717, 1.165) is 11.3 Å². The number of hydrogen-bond donors (Lipinski definition) is 2. The summed E-state index contributed by atoms with van der Waals surface area (Å²) in [6, 6.07) is 20.5. The average molecular weight is 463 g/mol. The Morgan fingerprint density at radius 3 is 2.24 bits per heavy atom. The quantitative estimate of drug-likeness (QED) is 0.349. The van der Waals surface area contributed by atoms with Crippen LogP contribution in [0.25, 0.3) is 0 Å². The largest absolute Gasteiger partial charge is 0.494 e. The van der Waals surface area contributed by atoms with E-state index in [-0.39, 0.29) is 25.0 Å². The van der Waals surface area contributed by atoms with E-state index in [4.69, 9.17) is 14.2 Å².